The van der Waals surface area contributed by atoms with Gasteiger partial charge in [-0.2, -0.15) is 13.2 Å². The summed E-state index contributed by atoms with van der Waals surface area (Å²) in [4.78, 5) is 51.5. The minimum atomic E-state index is -5.08. The van der Waals surface area contributed by atoms with Crippen molar-refractivity contribution in [3.63, 3.8) is 0 Å². The minimum Gasteiger partial charge on any atom is -0.478 e. The molecule has 39 heavy (non-hydrogen) atoms. The molecule has 1 heterocycles. The van der Waals surface area contributed by atoms with E-state index in [0.717, 1.165) is 5.69 Å². The van der Waals surface area contributed by atoms with E-state index in [-0.39, 0.29) is 17.4 Å². The normalized spacial score (nSPS) is 13.6. The van der Waals surface area contributed by atoms with E-state index in [1.807, 2.05) is 24.8 Å². The minimum absolute atomic E-state index is 0.112. The number of nitrogens with one attached hydrogen (secondary N) is 1. The van der Waals surface area contributed by atoms with Crippen LogP contribution in [0.25, 0.3) is 0 Å². The molecule has 10 nitrogen and oxygen atoms in total. The number of hydrogen-bond acceptors (Lipinski definition) is 6. The number of halogens is 3. The van der Waals surface area contributed by atoms with Gasteiger partial charge in [0.05, 0.1) is 23.5 Å². The van der Waals surface area contributed by atoms with Crippen molar-refractivity contribution in [2.24, 2.45) is 0 Å². The molecular weight excluding hydrogens is 521 g/mol. The lowest BCUT2D eigenvalue weighted by atomic mass is 10.1. The number of nitrogens with zero attached hydrogens (tertiary/aromatic N) is 3. The van der Waals surface area contributed by atoms with Crippen LogP contribution in [-0.4, -0.2) is 95.8 Å². The zero-order valence-corrected chi connectivity index (χ0v) is 21.6. The maximum absolute atomic E-state index is 12.7. The second-order valence-electron chi connectivity index (χ2n) is 8.49. The van der Waals surface area contributed by atoms with Gasteiger partial charge in [0.15, 0.2) is 0 Å². The Hall–Kier alpha value is -4.13. The van der Waals surface area contributed by atoms with E-state index >= 15 is 0 Å². The van der Waals surface area contributed by atoms with Crippen molar-refractivity contribution in [2.75, 3.05) is 56.0 Å². The standard InChI is InChI=1S/C24H30N4O4.C2HF3O2/c1-3-27(4-2)22(29)17-26-12-14-28(15-13-26)21-11-10-19(24(31)32)16-20(21)25-23(30)18-8-6-5-7-9-18;3-2(4,5)1(6)7/h5-11,16H,3-4,12-15,17H2,1-2H3,(H,25,30)(H,31,32);(H,6,7). The predicted octanol–water partition coefficient (Wildman–Crippen LogP) is 3.26. The van der Waals surface area contributed by atoms with Gasteiger partial charge < -0.3 is 25.3 Å². The van der Waals surface area contributed by atoms with Crippen LogP contribution < -0.4 is 10.2 Å². The third-order valence-corrected chi connectivity index (χ3v) is 5.96. The van der Waals surface area contributed by atoms with Crippen LogP contribution in [0.1, 0.15) is 34.6 Å². The summed E-state index contributed by atoms with van der Waals surface area (Å²) in [5, 5.41) is 19.4. The second kappa shape index (κ2) is 14.1. The van der Waals surface area contributed by atoms with Gasteiger partial charge in [-0.25, -0.2) is 9.59 Å². The first-order valence-electron chi connectivity index (χ1n) is 12.2. The Labute approximate surface area is 223 Å². The quantitative estimate of drug-likeness (QED) is 0.455. The number of piperazine rings is 1. The van der Waals surface area contributed by atoms with Gasteiger partial charge in [-0.1, -0.05) is 18.2 Å². The van der Waals surface area contributed by atoms with Gasteiger partial charge in [0, 0.05) is 44.8 Å². The third-order valence-electron chi connectivity index (χ3n) is 5.96. The number of rotatable bonds is 8. The van der Waals surface area contributed by atoms with Crippen LogP contribution in [-0.2, 0) is 9.59 Å². The number of amides is 2. The molecule has 0 radical (unpaired) electrons. The Morgan fingerprint density at radius 2 is 1.46 bits per heavy atom. The van der Waals surface area contributed by atoms with Gasteiger partial charge in [0.1, 0.15) is 0 Å². The fourth-order valence-corrected chi connectivity index (χ4v) is 3.84. The number of hydrogen-bond donors (Lipinski definition) is 3. The second-order valence-corrected chi connectivity index (χ2v) is 8.49. The summed E-state index contributed by atoms with van der Waals surface area (Å²) in [6, 6.07) is 13.6. The average Bonchev–Trinajstić information content (AvgIpc) is 2.90. The van der Waals surface area contributed by atoms with Gasteiger partial charge in [0.25, 0.3) is 5.91 Å². The van der Waals surface area contributed by atoms with Gasteiger partial charge in [-0.15, -0.1) is 0 Å². The molecule has 0 aliphatic carbocycles. The molecule has 1 fully saturated rings. The highest BCUT2D eigenvalue weighted by atomic mass is 19.4. The van der Waals surface area contributed by atoms with Gasteiger partial charge in [-0.3, -0.25) is 14.5 Å². The number of alkyl halides is 3. The molecule has 0 saturated carbocycles. The van der Waals surface area contributed by atoms with E-state index in [4.69, 9.17) is 9.90 Å². The summed E-state index contributed by atoms with van der Waals surface area (Å²) in [6.45, 7) is 8.52. The fourth-order valence-electron chi connectivity index (χ4n) is 3.84. The number of likely N-dealkylation sites (N-methyl/N-ethyl adjacent to an activating group) is 1. The van der Waals surface area contributed by atoms with Crippen molar-refractivity contribution in [3.05, 3.63) is 59.7 Å². The first kappa shape index (κ1) is 31.1. The molecule has 0 spiro atoms. The molecule has 0 bridgehead atoms. The molecular formula is C26H31F3N4O6. The van der Waals surface area contributed by atoms with E-state index in [2.05, 4.69) is 15.1 Å². The summed E-state index contributed by atoms with van der Waals surface area (Å²) < 4.78 is 31.7. The first-order chi connectivity index (χ1) is 18.4. The Kier molecular flexibility index (Phi) is 11.3. The van der Waals surface area contributed by atoms with Crippen molar-refractivity contribution in [1.29, 1.82) is 0 Å². The lowest BCUT2D eigenvalue weighted by Gasteiger charge is -2.37. The van der Waals surface area contributed by atoms with Crippen molar-refractivity contribution in [2.45, 2.75) is 20.0 Å². The van der Waals surface area contributed by atoms with E-state index in [1.54, 1.807) is 36.4 Å². The van der Waals surface area contributed by atoms with Crippen LogP contribution >= 0.6 is 0 Å². The smallest absolute Gasteiger partial charge is 0.478 e. The maximum atomic E-state index is 12.7. The number of aromatic carboxylic acids is 1. The number of aliphatic carboxylic acids is 1. The van der Waals surface area contributed by atoms with Crippen molar-refractivity contribution in [1.82, 2.24) is 9.80 Å². The van der Waals surface area contributed by atoms with Crippen molar-refractivity contribution >= 4 is 35.1 Å². The first-order valence-corrected chi connectivity index (χ1v) is 12.2. The largest absolute Gasteiger partial charge is 0.490 e. The van der Waals surface area contributed by atoms with E-state index < -0.39 is 18.1 Å². The molecule has 1 aliphatic heterocycles. The molecule has 0 aromatic heterocycles. The number of anilines is 2. The molecule has 1 aliphatic rings. The van der Waals surface area contributed by atoms with Gasteiger partial charge in [0.2, 0.25) is 5.91 Å². The summed E-state index contributed by atoms with van der Waals surface area (Å²) in [5.41, 5.74) is 1.85. The van der Waals surface area contributed by atoms with Crippen LogP contribution in [0.4, 0.5) is 24.5 Å². The molecule has 13 heteroatoms. The van der Waals surface area contributed by atoms with Crippen molar-refractivity contribution < 1.29 is 42.6 Å². The third kappa shape index (κ3) is 9.28. The molecule has 2 aromatic rings. The molecule has 1 saturated heterocycles. The SMILES string of the molecule is CCN(CC)C(=O)CN1CCN(c2ccc(C(=O)O)cc2NC(=O)c2ccccc2)CC1.O=C(O)C(F)(F)F. The highest BCUT2D eigenvalue weighted by Crippen LogP contribution is 2.29. The van der Waals surface area contributed by atoms with Crippen LogP contribution in [0.2, 0.25) is 0 Å². The average molecular weight is 553 g/mol. The lowest BCUT2D eigenvalue weighted by Crippen LogP contribution is -2.50. The van der Waals surface area contributed by atoms with Gasteiger partial charge >= 0.3 is 18.1 Å². The van der Waals surface area contributed by atoms with E-state index in [1.165, 1.54) is 6.07 Å². The van der Waals surface area contributed by atoms with Crippen molar-refractivity contribution in [3.8, 4) is 0 Å². The Balaban J connectivity index is 0.000000673. The van der Waals surface area contributed by atoms with Crippen LogP contribution in [0.5, 0.6) is 0 Å². The van der Waals surface area contributed by atoms with Crippen LogP contribution in [0.3, 0.4) is 0 Å². The number of carboxylic acid groups (broad SMARTS) is 2. The highest BCUT2D eigenvalue weighted by Gasteiger charge is 2.38. The van der Waals surface area contributed by atoms with E-state index in [9.17, 15) is 32.7 Å². The number of carboxylic acids is 2. The van der Waals surface area contributed by atoms with Crippen LogP contribution in [0, 0.1) is 0 Å². The number of carbonyl (C=O) groups is 4. The topological polar surface area (TPSA) is 130 Å². The molecule has 2 aromatic carbocycles. The van der Waals surface area contributed by atoms with Crippen LogP contribution in [0.15, 0.2) is 48.5 Å². The molecule has 3 N–H and O–H groups in total. The summed E-state index contributed by atoms with van der Waals surface area (Å²) in [7, 11) is 0. The molecule has 212 valence electrons. The molecule has 0 unspecified atom stereocenters. The summed E-state index contributed by atoms with van der Waals surface area (Å²) >= 11 is 0. The summed E-state index contributed by atoms with van der Waals surface area (Å²) in [5.74, 6) is -3.97. The Morgan fingerprint density at radius 1 is 0.897 bits per heavy atom. The highest BCUT2D eigenvalue weighted by molar-refractivity contribution is 6.06. The Bertz CT molecular complexity index is 1150. The summed E-state index contributed by atoms with van der Waals surface area (Å²) in [6.07, 6.45) is -5.08. The zero-order valence-electron chi connectivity index (χ0n) is 21.6. The fraction of sp³-hybridized carbons (Fsp3) is 0.385. The lowest BCUT2D eigenvalue weighted by molar-refractivity contribution is -0.192. The molecule has 2 amide bonds. The zero-order chi connectivity index (χ0) is 29.2. The Morgan fingerprint density at radius 3 is 1.95 bits per heavy atom. The molecule has 3 rings (SSSR count). The monoisotopic (exact) mass is 552 g/mol. The predicted molar refractivity (Wildman–Crippen MR) is 138 cm³/mol. The maximum Gasteiger partial charge on any atom is 0.490 e. The number of carbonyl (C=O) groups excluding carboxylic acids is 2. The molecule has 0 atom stereocenters. The van der Waals surface area contributed by atoms with E-state index in [0.29, 0.717) is 57.1 Å². The number of benzene rings is 2. The van der Waals surface area contributed by atoms with Gasteiger partial charge in [-0.05, 0) is 44.2 Å².